The highest BCUT2D eigenvalue weighted by Crippen LogP contribution is 2.26. The van der Waals surface area contributed by atoms with Gasteiger partial charge in [0, 0.05) is 11.1 Å². The molecule has 0 saturated carbocycles. The summed E-state index contributed by atoms with van der Waals surface area (Å²) in [5.41, 5.74) is 4.93. The van der Waals surface area contributed by atoms with Crippen molar-refractivity contribution in [1.82, 2.24) is 4.98 Å². The molecule has 1 aromatic heterocycles. The first-order valence-electron chi connectivity index (χ1n) is 5.46. The second-order valence-corrected chi connectivity index (χ2v) is 4.48. The number of benzene rings is 1. The van der Waals surface area contributed by atoms with E-state index in [1.165, 1.54) is 16.5 Å². The molecule has 0 aliphatic rings. The molecule has 2 rings (SSSR count). The molecule has 0 aliphatic carbocycles. The molecule has 1 heteroatoms. The van der Waals surface area contributed by atoms with E-state index in [-0.39, 0.29) is 0 Å². The van der Waals surface area contributed by atoms with Gasteiger partial charge in [-0.15, -0.1) is 0 Å². The molecule has 0 saturated heterocycles. The summed E-state index contributed by atoms with van der Waals surface area (Å²) in [6.07, 6.45) is 0. The predicted molar refractivity (Wildman–Crippen MR) is 65.3 cm³/mol. The Morgan fingerprint density at radius 2 is 1.87 bits per heavy atom. The summed E-state index contributed by atoms with van der Waals surface area (Å²) in [4.78, 5) is 4.62. The molecule has 0 fully saturated rings. The molecule has 1 heterocycles. The van der Waals surface area contributed by atoms with Crippen molar-refractivity contribution >= 4 is 10.9 Å². The molecule has 0 radical (unpaired) electrons. The molecule has 0 spiro atoms. The molecule has 0 amide bonds. The van der Waals surface area contributed by atoms with Crippen LogP contribution < -0.4 is 0 Å². The maximum Gasteiger partial charge on any atom is 0.0737 e. The number of fused-ring (bicyclic) bond motifs is 1. The Kier molecular flexibility index (Phi) is 2.47. The van der Waals surface area contributed by atoms with E-state index in [1.807, 2.05) is 0 Å². The van der Waals surface area contributed by atoms with E-state index in [0.29, 0.717) is 5.92 Å². The second-order valence-electron chi connectivity index (χ2n) is 4.48. The highest BCUT2D eigenvalue weighted by Gasteiger charge is 2.08. The number of hydrogen-bond acceptors (Lipinski definition) is 1. The first-order valence-corrected chi connectivity index (χ1v) is 5.46. The Morgan fingerprint density at radius 1 is 1.13 bits per heavy atom. The van der Waals surface area contributed by atoms with Crippen molar-refractivity contribution < 1.29 is 0 Å². The normalized spacial score (nSPS) is 11.3. The van der Waals surface area contributed by atoms with Crippen molar-refractivity contribution in [3.05, 3.63) is 41.1 Å². The number of para-hydroxylation sites is 1. The van der Waals surface area contributed by atoms with Crippen molar-refractivity contribution in [1.29, 1.82) is 0 Å². The van der Waals surface area contributed by atoms with Gasteiger partial charge in [0.05, 0.1) is 5.52 Å². The van der Waals surface area contributed by atoms with Crippen LogP contribution in [0.15, 0.2) is 24.3 Å². The van der Waals surface area contributed by atoms with E-state index in [0.717, 1.165) is 11.2 Å². The van der Waals surface area contributed by atoms with Crippen LogP contribution in [0.1, 0.15) is 36.6 Å². The molecule has 0 aliphatic heterocycles. The minimum Gasteiger partial charge on any atom is -0.253 e. The van der Waals surface area contributed by atoms with Gasteiger partial charge in [0.2, 0.25) is 0 Å². The highest BCUT2D eigenvalue weighted by molar-refractivity contribution is 5.85. The maximum absolute atomic E-state index is 4.62. The van der Waals surface area contributed by atoms with Crippen LogP contribution in [-0.4, -0.2) is 4.98 Å². The van der Waals surface area contributed by atoms with Gasteiger partial charge in [-0.3, -0.25) is 4.98 Å². The third-order valence-corrected chi connectivity index (χ3v) is 2.82. The van der Waals surface area contributed by atoms with Gasteiger partial charge in [0.25, 0.3) is 0 Å². The summed E-state index contributed by atoms with van der Waals surface area (Å²) in [6.45, 7) is 8.66. The van der Waals surface area contributed by atoms with Crippen LogP contribution in [0, 0.1) is 13.8 Å². The van der Waals surface area contributed by atoms with E-state index < -0.39 is 0 Å². The lowest BCUT2D eigenvalue weighted by Gasteiger charge is -2.12. The van der Waals surface area contributed by atoms with Gasteiger partial charge < -0.3 is 0 Å². The summed E-state index contributed by atoms with van der Waals surface area (Å²) in [7, 11) is 0. The zero-order valence-electron chi connectivity index (χ0n) is 9.83. The van der Waals surface area contributed by atoms with Gasteiger partial charge in [-0.2, -0.15) is 0 Å². The monoisotopic (exact) mass is 199 g/mol. The number of rotatable bonds is 1. The van der Waals surface area contributed by atoms with Gasteiger partial charge in [-0.1, -0.05) is 32.0 Å². The molecule has 0 bridgehead atoms. The summed E-state index contributed by atoms with van der Waals surface area (Å²) in [5.74, 6) is 0.552. The van der Waals surface area contributed by atoms with E-state index in [1.54, 1.807) is 0 Å². The summed E-state index contributed by atoms with van der Waals surface area (Å²) >= 11 is 0. The number of nitrogens with zero attached hydrogens (tertiary/aromatic N) is 1. The predicted octanol–water partition coefficient (Wildman–Crippen LogP) is 3.98. The molecule has 2 aromatic rings. The molecule has 1 aromatic carbocycles. The van der Waals surface area contributed by atoms with Gasteiger partial charge in [-0.25, -0.2) is 0 Å². The second kappa shape index (κ2) is 3.65. The lowest BCUT2D eigenvalue weighted by Crippen LogP contribution is -1.95. The number of aryl methyl sites for hydroxylation is 2. The van der Waals surface area contributed by atoms with Crippen LogP contribution in [0.5, 0.6) is 0 Å². The maximum atomic E-state index is 4.62. The van der Waals surface area contributed by atoms with E-state index in [2.05, 4.69) is 56.9 Å². The Bertz CT molecular complexity index is 498. The molecule has 1 nitrogen and oxygen atoms in total. The van der Waals surface area contributed by atoms with Crippen LogP contribution in [0.3, 0.4) is 0 Å². The average molecular weight is 199 g/mol. The fourth-order valence-electron chi connectivity index (χ4n) is 2.03. The fraction of sp³-hybridized carbons (Fsp3) is 0.357. The molecule has 0 unspecified atom stereocenters. The lowest BCUT2D eigenvalue weighted by molar-refractivity contribution is 0.871. The van der Waals surface area contributed by atoms with E-state index >= 15 is 0 Å². The summed E-state index contributed by atoms with van der Waals surface area (Å²) in [6, 6.07) is 8.61. The standard InChI is InChI=1S/C14H17N/c1-9(2)13-8-11(4)15-14-10(3)6-5-7-12(13)14/h5-9H,1-4H3. The third-order valence-electron chi connectivity index (χ3n) is 2.82. The minimum absolute atomic E-state index is 0.552. The van der Waals surface area contributed by atoms with Crippen LogP contribution >= 0.6 is 0 Å². The highest BCUT2D eigenvalue weighted by atomic mass is 14.7. The molecule has 0 atom stereocenters. The quantitative estimate of drug-likeness (QED) is 0.677. The van der Waals surface area contributed by atoms with Gasteiger partial charge in [0.15, 0.2) is 0 Å². The minimum atomic E-state index is 0.552. The van der Waals surface area contributed by atoms with Crippen LogP contribution in [0.4, 0.5) is 0 Å². The Labute approximate surface area is 91.2 Å². The van der Waals surface area contributed by atoms with Crippen molar-refractivity contribution in [2.75, 3.05) is 0 Å². The molecular formula is C14H17N. The van der Waals surface area contributed by atoms with Gasteiger partial charge in [-0.05, 0) is 37.0 Å². The Morgan fingerprint density at radius 3 is 2.53 bits per heavy atom. The summed E-state index contributed by atoms with van der Waals surface area (Å²) < 4.78 is 0. The van der Waals surface area contributed by atoms with Crippen molar-refractivity contribution in [3.63, 3.8) is 0 Å². The Balaban J connectivity index is 2.86. The first kappa shape index (κ1) is 10.2. The average Bonchev–Trinajstić information content (AvgIpc) is 2.18. The largest absolute Gasteiger partial charge is 0.253 e. The van der Waals surface area contributed by atoms with E-state index in [4.69, 9.17) is 0 Å². The smallest absolute Gasteiger partial charge is 0.0737 e. The van der Waals surface area contributed by atoms with Gasteiger partial charge >= 0.3 is 0 Å². The van der Waals surface area contributed by atoms with E-state index in [9.17, 15) is 0 Å². The van der Waals surface area contributed by atoms with Crippen LogP contribution in [0.2, 0.25) is 0 Å². The molecule has 78 valence electrons. The first-order chi connectivity index (χ1) is 7.09. The van der Waals surface area contributed by atoms with Crippen LogP contribution in [-0.2, 0) is 0 Å². The van der Waals surface area contributed by atoms with Crippen LogP contribution in [0.25, 0.3) is 10.9 Å². The molecule has 0 N–H and O–H groups in total. The third kappa shape index (κ3) is 1.74. The number of hydrogen-bond donors (Lipinski definition) is 0. The number of aromatic nitrogens is 1. The fourth-order valence-corrected chi connectivity index (χ4v) is 2.03. The summed E-state index contributed by atoms with van der Waals surface area (Å²) in [5, 5.41) is 1.30. The topological polar surface area (TPSA) is 12.9 Å². The SMILES string of the molecule is Cc1cc(C(C)C)c2cccc(C)c2n1. The molecular weight excluding hydrogens is 182 g/mol. The zero-order chi connectivity index (χ0) is 11.0. The Hall–Kier alpha value is -1.37. The van der Waals surface area contributed by atoms with Gasteiger partial charge in [0.1, 0.15) is 0 Å². The van der Waals surface area contributed by atoms with Crippen molar-refractivity contribution in [2.24, 2.45) is 0 Å². The lowest BCUT2D eigenvalue weighted by atomic mass is 9.96. The van der Waals surface area contributed by atoms with Crippen molar-refractivity contribution in [3.8, 4) is 0 Å². The molecule has 15 heavy (non-hydrogen) atoms. The zero-order valence-corrected chi connectivity index (χ0v) is 9.83. The number of pyridine rings is 1. The van der Waals surface area contributed by atoms with Crippen molar-refractivity contribution in [2.45, 2.75) is 33.6 Å².